The molecule has 2 aliphatic rings. The number of anilines is 2. The fourth-order valence-electron chi connectivity index (χ4n) is 4.72. The van der Waals surface area contributed by atoms with Gasteiger partial charge < -0.3 is 15.1 Å². The summed E-state index contributed by atoms with van der Waals surface area (Å²) in [6.45, 7) is 5.53. The lowest BCUT2D eigenvalue weighted by molar-refractivity contribution is -0.899. The normalized spacial score (nSPS) is 17.1. The summed E-state index contributed by atoms with van der Waals surface area (Å²) in [5.41, 5.74) is 2.88. The maximum atomic E-state index is 13.4. The Morgan fingerprint density at radius 1 is 1.00 bits per heavy atom. The number of para-hydroxylation sites is 2. The van der Waals surface area contributed by atoms with Gasteiger partial charge in [0.1, 0.15) is 6.54 Å². The zero-order valence-corrected chi connectivity index (χ0v) is 22.1. The van der Waals surface area contributed by atoms with Crippen LogP contribution in [0.15, 0.2) is 88.7 Å². The summed E-state index contributed by atoms with van der Waals surface area (Å²) in [5, 5.41) is 3.65. The second-order valence-corrected chi connectivity index (χ2v) is 10.7. The molecule has 0 bridgehead atoms. The minimum absolute atomic E-state index is 0.0135. The van der Waals surface area contributed by atoms with Crippen LogP contribution in [0, 0.1) is 0 Å². The molecule has 0 saturated carbocycles. The van der Waals surface area contributed by atoms with E-state index in [1.165, 1.54) is 22.3 Å². The maximum absolute atomic E-state index is 13.4. The number of halogens is 1. The molecule has 0 spiro atoms. The molecule has 5 rings (SSSR count). The summed E-state index contributed by atoms with van der Waals surface area (Å²) in [6.07, 6.45) is 1.83. The van der Waals surface area contributed by atoms with Crippen molar-refractivity contribution in [3.05, 3.63) is 94.4 Å². The zero-order valence-electron chi connectivity index (χ0n) is 20.5. The molecule has 8 heteroatoms. The van der Waals surface area contributed by atoms with Gasteiger partial charge in [0, 0.05) is 15.6 Å². The third-order valence-corrected chi connectivity index (χ3v) is 7.99. The third kappa shape index (κ3) is 6.36. The molecule has 1 saturated heterocycles. The minimum atomic E-state index is -0.179. The SMILES string of the molecule is O=C(CN1C(=O)C(=Cc2cccc(Cl)c2)Sc2ccccc21)NCC[NH+]1CCN(c2ccccc2)CC1. The van der Waals surface area contributed by atoms with E-state index in [0.717, 1.165) is 48.9 Å². The first-order valence-corrected chi connectivity index (χ1v) is 13.7. The van der Waals surface area contributed by atoms with Gasteiger partial charge in [0.2, 0.25) is 5.91 Å². The maximum Gasteiger partial charge on any atom is 0.265 e. The van der Waals surface area contributed by atoms with Gasteiger partial charge in [-0.15, -0.1) is 0 Å². The van der Waals surface area contributed by atoms with Crippen LogP contribution in [0.2, 0.25) is 5.02 Å². The molecule has 0 atom stereocenters. The van der Waals surface area contributed by atoms with Crippen molar-refractivity contribution in [2.75, 3.05) is 55.6 Å². The molecule has 0 aromatic heterocycles. The van der Waals surface area contributed by atoms with Crippen LogP contribution >= 0.6 is 23.4 Å². The molecule has 2 heterocycles. The topological polar surface area (TPSA) is 57.1 Å². The summed E-state index contributed by atoms with van der Waals surface area (Å²) >= 11 is 7.55. The number of quaternary nitrogens is 1. The van der Waals surface area contributed by atoms with Crippen molar-refractivity contribution in [1.29, 1.82) is 0 Å². The average Bonchev–Trinajstić information content (AvgIpc) is 2.92. The molecule has 0 aliphatic carbocycles. The second-order valence-electron chi connectivity index (χ2n) is 9.20. The zero-order chi connectivity index (χ0) is 25.6. The Labute approximate surface area is 226 Å². The second kappa shape index (κ2) is 11.9. The van der Waals surface area contributed by atoms with Gasteiger partial charge >= 0.3 is 0 Å². The van der Waals surface area contributed by atoms with Gasteiger partial charge in [-0.25, -0.2) is 0 Å². The Morgan fingerprint density at radius 3 is 2.54 bits per heavy atom. The number of benzene rings is 3. The van der Waals surface area contributed by atoms with E-state index in [1.54, 1.807) is 11.0 Å². The largest absolute Gasteiger partial charge is 0.360 e. The van der Waals surface area contributed by atoms with E-state index in [-0.39, 0.29) is 18.4 Å². The monoisotopic (exact) mass is 533 g/mol. The Bertz CT molecular complexity index is 1290. The van der Waals surface area contributed by atoms with Gasteiger partial charge in [0.15, 0.2) is 0 Å². The number of rotatable bonds is 7. The van der Waals surface area contributed by atoms with Crippen molar-refractivity contribution < 1.29 is 14.5 Å². The first kappa shape index (κ1) is 25.4. The van der Waals surface area contributed by atoms with Gasteiger partial charge in [0.25, 0.3) is 5.91 Å². The lowest BCUT2D eigenvalue weighted by Crippen LogP contribution is -3.15. The number of carbonyl (C=O) groups is 2. The molecule has 0 radical (unpaired) electrons. The van der Waals surface area contributed by atoms with Gasteiger partial charge in [-0.05, 0) is 48.0 Å². The standard InChI is InChI=1S/C29H29ClN4O2S/c30-23-8-6-7-22(19-23)20-27-29(36)34(25-11-4-5-12-26(25)37-27)21-28(35)31-13-14-32-15-17-33(18-16-32)24-9-2-1-3-10-24/h1-12,19-20H,13-18,21H2,(H,31,35)/p+1. The van der Waals surface area contributed by atoms with E-state index in [4.69, 9.17) is 11.6 Å². The number of hydrogen-bond donors (Lipinski definition) is 2. The van der Waals surface area contributed by atoms with Crippen molar-refractivity contribution in [1.82, 2.24) is 5.32 Å². The van der Waals surface area contributed by atoms with Crippen LogP contribution < -0.4 is 20.0 Å². The fraction of sp³-hybridized carbons (Fsp3) is 0.241. The molecular formula is C29H30ClN4O2S+. The minimum Gasteiger partial charge on any atom is -0.360 e. The first-order chi connectivity index (χ1) is 18.1. The molecule has 2 amide bonds. The van der Waals surface area contributed by atoms with Crippen LogP contribution in [0.3, 0.4) is 0 Å². The van der Waals surface area contributed by atoms with Crippen molar-refractivity contribution in [3.8, 4) is 0 Å². The quantitative estimate of drug-likeness (QED) is 0.457. The molecule has 2 aliphatic heterocycles. The predicted octanol–water partition coefficient (Wildman–Crippen LogP) is 3.34. The lowest BCUT2D eigenvalue weighted by Gasteiger charge is -2.33. The summed E-state index contributed by atoms with van der Waals surface area (Å²) in [7, 11) is 0. The van der Waals surface area contributed by atoms with E-state index in [2.05, 4.69) is 34.5 Å². The number of hydrogen-bond acceptors (Lipinski definition) is 4. The van der Waals surface area contributed by atoms with Crippen LogP contribution in [0.5, 0.6) is 0 Å². The molecule has 0 unspecified atom stereocenters. The van der Waals surface area contributed by atoms with Crippen molar-refractivity contribution in [2.24, 2.45) is 0 Å². The first-order valence-electron chi connectivity index (χ1n) is 12.5. The molecule has 190 valence electrons. The Morgan fingerprint density at radius 2 is 1.76 bits per heavy atom. The van der Waals surface area contributed by atoms with Crippen LogP contribution in [-0.2, 0) is 9.59 Å². The molecule has 2 N–H and O–H groups in total. The lowest BCUT2D eigenvalue weighted by atomic mass is 10.2. The highest BCUT2D eigenvalue weighted by Gasteiger charge is 2.30. The summed E-state index contributed by atoms with van der Waals surface area (Å²) in [4.78, 5) is 33.3. The van der Waals surface area contributed by atoms with Crippen molar-refractivity contribution in [3.63, 3.8) is 0 Å². The van der Waals surface area contributed by atoms with Crippen LogP contribution in [-0.4, -0.2) is 57.6 Å². The van der Waals surface area contributed by atoms with E-state index >= 15 is 0 Å². The molecule has 6 nitrogen and oxygen atoms in total. The van der Waals surface area contributed by atoms with Gasteiger partial charge in [0.05, 0.1) is 49.9 Å². The van der Waals surface area contributed by atoms with E-state index < -0.39 is 0 Å². The van der Waals surface area contributed by atoms with Crippen molar-refractivity contribution >= 4 is 52.6 Å². The number of thioether (sulfide) groups is 1. The third-order valence-electron chi connectivity index (χ3n) is 6.67. The summed E-state index contributed by atoms with van der Waals surface area (Å²) in [6, 6.07) is 25.6. The van der Waals surface area contributed by atoms with Gasteiger partial charge in [-0.2, -0.15) is 0 Å². The number of fused-ring (bicyclic) bond motifs is 1. The highest BCUT2D eigenvalue weighted by atomic mass is 35.5. The smallest absolute Gasteiger partial charge is 0.265 e. The van der Waals surface area contributed by atoms with Gasteiger partial charge in [-0.3, -0.25) is 14.5 Å². The van der Waals surface area contributed by atoms with E-state index in [9.17, 15) is 9.59 Å². The number of nitrogens with one attached hydrogen (secondary N) is 2. The molecule has 37 heavy (non-hydrogen) atoms. The van der Waals surface area contributed by atoms with E-state index in [0.29, 0.717) is 16.5 Å². The number of piperazine rings is 1. The van der Waals surface area contributed by atoms with Gasteiger partial charge in [-0.1, -0.05) is 65.8 Å². The number of carbonyl (C=O) groups excluding carboxylic acids is 2. The van der Waals surface area contributed by atoms with Crippen LogP contribution in [0.25, 0.3) is 6.08 Å². The molecule has 3 aromatic rings. The highest BCUT2D eigenvalue weighted by molar-refractivity contribution is 8.04. The van der Waals surface area contributed by atoms with E-state index in [1.807, 2.05) is 54.6 Å². The Balaban J connectivity index is 1.17. The van der Waals surface area contributed by atoms with Crippen molar-refractivity contribution in [2.45, 2.75) is 4.90 Å². The number of amides is 2. The van der Waals surface area contributed by atoms with Crippen LogP contribution in [0.1, 0.15) is 5.56 Å². The Kier molecular flexibility index (Phi) is 8.14. The molecule has 1 fully saturated rings. The Hall–Kier alpha value is -3.26. The molecular weight excluding hydrogens is 504 g/mol. The summed E-state index contributed by atoms with van der Waals surface area (Å²) in [5.74, 6) is -0.332. The highest BCUT2D eigenvalue weighted by Crippen LogP contribution is 2.42. The average molecular weight is 534 g/mol. The number of nitrogens with zero attached hydrogens (tertiary/aromatic N) is 2. The van der Waals surface area contributed by atoms with Crippen LogP contribution in [0.4, 0.5) is 11.4 Å². The molecule has 3 aromatic carbocycles. The fourth-order valence-corrected chi connectivity index (χ4v) is 5.97. The summed E-state index contributed by atoms with van der Waals surface area (Å²) < 4.78 is 0. The predicted molar refractivity (Wildman–Crippen MR) is 151 cm³/mol.